The monoisotopic (exact) mass is 366 g/mol. The molecular weight excluding hydrogens is 343 g/mol. The summed E-state index contributed by atoms with van der Waals surface area (Å²) in [4.78, 5) is 7.48. The van der Waals surface area contributed by atoms with Gasteiger partial charge in [0, 0.05) is 19.0 Å². The van der Waals surface area contributed by atoms with Gasteiger partial charge in [-0.15, -0.1) is 11.8 Å². The quantitative estimate of drug-likeness (QED) is 0.482. The second-order valence-corrected chi connectivity index (χ2v) is 7.15. The third kappa shape index (κ3) is 4.42. The predicted molar refractivity (Wildman–Crippen MR) is 103 cm³/mol. The molecule has 24 heavy (non-hydrogen) atoms. The van der Waals surface area contributed by atoms with Crippen molar-refractivity contribution in [3.8, 4) is 0 Å². The number of hydrogen-bond acceptors (Lipinski definition) is 3. The Kier molecular flexibility index (Phi) is 6.93. The lowest BCUT2D eigenvalue weighted by atomic mass is 9.98. The van der Waals surface area contributed by atoms with Crippen molar-refractivity contribution in [3.05, 3.63) is 51.9 Å². The van der Waals surface area contributed by atoms with Crippen LogP contribution in [0.4, 0.5) is 10.2 Å². The molecule has 0 amide bonds. The normalized spacial score (nSPS) is 10.9. The fraction of sp³-hybridized carbons (Fsp3) is 0.421. The second-order valence-electron chi connectivity index (χ2n) is 5.94. The second kappa shape index (κ2) is 8.72. The molecule has 0 aliphatic rings. The SMILES string of the molecule is CCc1cccc(F)c1CCCc1cc(SC)c(Cl)nc1N(C)C. The number of halogens is 2. The van der Waals surface area contributed by atoms with Crippen molar-refractivity contribution in [2.45, 2.75) is 37.5 Å². The highest BCUT2D eigenvalue weighted by atomic mass is 35.5. The van der Waals surface area contributed by atoms with E-state index in [0.29, 0.717) is 5.15 Å². The van der Waals surface area contributed by atoms with Gasteiger partial charge in [0.1, 0.15) is 16.8 Å². The summed E-state index contributed by atoms with van der Waals surface area (Å²) in [5, 5.41) is 0.539. The first-order chi connectivity index (χ1) is 11.5. The van der Waals surface area contributed by atoms with Gasteiger partial charge in [0.25, 0.3) is 0 Å². The summed E-state index contributed by atoms with van der Waals surface area (Å²) >= 11 is 7.82. The molecular formula is C19H24ClFN2S. The van der Waals surface area contributed by atoms with Crippen LogP contribution < -0.4 is 4.90 Å². The van der Waals surface area contributed by atoms with Gasteiger partial charge in [0.05, 0.1) is 0 Å². The van der Waals surface area contributed by atoms with Gasteiger partial charge >= 0.3 is 0 Å². The minimum atomic E-state index is -0.0961. The standard InChI is InChI=1S/C19H24ClFN2S/c1-5-13-8-7-11-16(21)15(13)10-6-9-14-12-17(24-4)18(20)22-19(14)23(2)3/h7-8,11-12H,5-6,9-10H2,1-4H3. The van der Waals surface area contributed by atoms with E-state index in [1.807, 2.05) is 31.3 Å². The van der Waals surface area contributed by atoms with Crippen molar-refractivity contribution >= 4 is 29.2 Å². The molecule has 0 unspecified atom stereocenters. The number of pyridine rings is 1. The first-order valence-electron chi connectivity index (χ1n) is 8.14. The number of rotatable bonds is 7. The molecule has 1 aromatic carbocycles. The maximum Gasteiger partial charge on any atom is 0.145 e. The summed E-state index contributed by atoms with van der Waals surface area (Å²) < 4.78 is 14.1. The van der Waals surface area contributed by atoms with E-state index in [4.69, 9.17) is 11.6 Å². The molecule has 0 N–H and O–H groups in total. The van der Waals surface area contributed by atoms with Gasteiger partial charge in [0.15, 0.2) is 0 Å². The summed E-state index contributed by atoms with van der Waals surface area (Å²) in [5.74, 6) is 0.795. The predicted octanol–water partition coefficient (Wildman–Crippen LogP) is 5.40. The Morgan fingerprint density at radius 3 is 2.58 bits per heavy atom. The molecule has 5 heteroatoms. The molecule has 2 aromatic rings. The highest BCUT2D eigenvalue weighted by Crippen LogP contribution is 2.30. The largest absolute Gasteiger partial charge is 0.362 e. The van der Waals surface area contributed by atoms with Crippen molar-refractivity contribution in [1.82, 2.24) is 4.98 Å². The molecule has 0 atom stereocenters. The molecule has 1 aromatic heterocycles. The molecule has 0 saturated carbocycles. The van der Waals surface area contributed by atoms with E-state index >= 15 is 0 Å². The Morgan fingerprint density at radius 2 is 1.96 bits per heavy atom. The Labute approximate surface area is 153 Å². The molecule has 2 nitrogen and oxygen atoms in total. The average Bonchev–Trinajstić information content (AvgIpc) is 2.56. The highest BCUT2D eigenvalue weighted by Gasteiger charge is 2.13. The number of thioether (sulfide) groups is 1. The minimum absolute atomic E-state index is 0.0961. The average molecular weight is 367 g/mol. The topological polar surface area (TPSA) is 16.1 Å². The van der Waals surface area contributed by atoms with E-state index in [-0.39, 0.29) is 5.82 Å². The van der Waals surface area contributed by atoms with Crippen LogP contribution in [-0.2, 0) is 19.3 Å². The van der Waals surface area contributed by atoms with E-state index in [1.165, 1.54) is 0 Å². The number of nitrogens with zero attached hydrogens (tertiary/aromatic N) is 2. The highest BCUT2D eigenvalue weighted by molar-refractivity contribution is 7.98. The lowest BCUT2D eigenvalue weighted by Crippen LogP contribution is -2.14. The first-order valence-corrected chi connectivity index (χ1v) is 9.75. The molecule has 0 saturated heterocycles. The van der Waals surface area contributed by atoms with Crippen LogP contribution in [0.2, 0.25) is 5.15 Å². The van der Waals surface area contributed by atoms with Gasteiger partial charge in [0.2, 0.25) is 0 Å². The van der Waals surface area contributed by atoms with Crippen LogP contribution in [0.1, 0.15) is 30.0 Å². The summed E-state index contributed by atoms with van der Waals surface area (Å²) in [7, 11) is 3.93. The van der Waals surface area contributed by atoms with E-state index in [2.05, 4.69) is 18.0 Å². The third-order valence-corrected chi connectivity index (χ3v) is 5.26. The van der Waals surface area contributed by atoms with E-state index in [1.54, 1.807) is 23.9 Å². The van der Waals surface area contributed by atoms with Crippen LogP contribution >= 0.6 is 23.4 Å². The Balaban J connectivity index is 2.18. The molecule has 0 fully saturated rings. The van der Waals surface area contributed by atoms with Gasteiger partial charge in [-0.3, -0.25) is 0 Å². The van der Waals surface area contributed by atoms with Gasteiger partial charge in [-0.1, -0.05) is 30.7 Å². The molecule has 130 valence electrons. The number of aryl methyl sites for hydroxylation is 2. The van der Waals surface area contributed by atoms with Gasteiger partial charge in [-0.2, -0.15) is 0 Å². The summed E-state index contributed by atoms with van der Waals surface area (Å²) in [5.41, 5.74) is 3.10. The molecule has 2 rings (SSSR count). The van der Waals surface area contributed by atoms with Gasteiger partial charge < -0.3 is 4.90 Å². The Bertz CT molecular complexity index is 704. The maximum atomic E-state index is 14.1. The number of aromatic nitrogens is 1. The van der Waals surface area contributed by atoms with Crippen LogP contribution in [0.15, 0.2) is 29.2 Å². The van der Waals surface area contributed by atoms with E-state index in [0.717, 1.165) is 53.1 Å². The van der Waals surface area contributed by atoms with Gasteiger partial charge in [-0.25, -0.2) is 9.37 Å². The zero-order chi connectivity index (χ0) is 17.7. The zero-order valence-corrected chi connectivity index (χ0v) is 16.3. The minimum Gasteiger partial charge on any atom is -0.362 e. The molecule has 0 radical (unpaired) electrons. The number of benzene rings is 1. The van der Waals surface area contributed by atoms with Crippen LogP contribution in [0.3, 0.4) is 0 Å². The van der Waals surface area contributed by atoms with Crippen molar-refractivity contribution in [3.63, 3.8) is 0 Å². The Hall–Kier alpha value is -1.26. The third-order valence-electron chi connectivity index (χ3n) is 4.11. The maximum absolute atomic E-state index is 14.1. The fourth-order valence-corrected chi connectivity index (χ4v) is 3.73. The Morgan fingerprint density at radius 1 is 1.21 bits per heavy atom. The van der Waals surface area contributed by atoms with Crippen LogP contribution in [-0.4, -0.2) is 25.3 Å². The van der Waals surface area contributed by atoms with Crippen LogP contribution in [0.25, 0.3) is 0 Å². The lowest BCUT2D eigenvalue weighted by Gasteiger charge is -2.18. The summed E-state index contributed by atoms with van der Waals surface area (Å²) in [6.07, 6.45) is 5.32. The molecule has 1 heterocycles. The number of anilines is 1. The lowest BCUT2D eigenvalue weighted by molar-refractivity contribution is 0.600. The first kappa shape index (κ1) is 19.1. The van der Waals surface area contributed by atoms with Crippen LogP contribution in [0, 0.1) is 5.82 Å². The zero-order valence-electron chi connectivity index (χ0n) is 14.7. The van der Waals surface area contributed by atoms with Crippen LogP contribution in [0.5, 0.6) is 0 Å². The van der Waals surface area contributed by atoms with Crippen molar-refractivity contribution in [1.29, 1.82) is 0 Å². The van der Waals surface area contributed by atoms with Crippen molar-refractivity contribution < 1.29 is 4.39 Å². The fourth-order valence-electron chi connectivity index (χ4n) is 2.89. The molecule has 0 spiro atoms. The summed E-state index contributed by atoms with van der Waals surface area (Å²) in [6, 6.07) is 7.46. The van der Waals surface area contributed by atoms with E-state index in [9.17, 15) is 4.39 Å². The van der Waals surface area contributed by atoms with Crippen molar-refractivity contribution in [2.75, 3.05) is 25.3 Å². The van der Waals surface area contributed by atoms with Crippen molar-refractivity contribution in [2.24, 2.45) is 0 Å². The number of hydrogen-bond donors (Lipinski definition) is 0. The smallest absolute Gasteiger partial charge is 0.145 e. The van der Waals surface area contributed by atoms with E-state index < -0.39 is 0 Å². The molecule has 0 aliphatic carbocycles. The van der Waals surface area contributed by atoms with Gasteiger partial charge in [-0.05, 0) is 60.8 Å². The molecule has 0 bridgehead atoms. The molecule has 0 aliphatic heterocycles. The summed E-state index contributed by atoms with van der Waals surface area (Å²) in [6.45, 7) is 2.07.